The topological polar surface area (TPSA) is 206 Å². The maximum absolute atomic E-state index is 12.5. The van der Waals surface area contributed by atoms with E-state index in [1.165, 1.54) is 44.8 Å². The van der Waals surface area contributed by atoms with Crippen molar-refractivity contribution in [1.82, 2.24) is 55.7 Å². The maximum atomic E-state index is 12.5. The van der Waals surface area contributed by atoms with Crippen LogP contribution in [0.2, 0.25) is 0 Å². The first-order valence-electron chi connectivity index (χ1n) is 30.4. The second-order valence-corrected chi connectivity index (χ2v) is 21.1. The van der Waals surface area contributed by atoms with Crippen molar-refractivity contribution < 1.29 is 27.4 Å². The molecule has 12 rings (SSSR count). The molecule has 0 spiro atoms. The summed E-state index contributed by atoms with van der Waals surface area (Å²) < 4.78 is 50.6. The Morgan fingerprint density at radius 1 is 0.425 bits per heavy atom. The number of methoxy groups -OCH3 is 1. The van der Waals surface area contributed by atoms with Crippen molar-refractivity contribution in [3.05, 3.63) is 187 Å². The maximum Gasteiger partial charge on any atom is 0.221 e. The lowest BCUT2D eigenvalue weighted by atomic mass is 9.74. The lowest BCUT2D eigenvalue weighted by molar-refractivity contribution is 0.0245. The Labute approximate surface area is 508 Å². The van der Waals surface area contributed by atoms with E-state index in [-0.39, 0.29) is 51.1 Å². The van der Waals surface area contributed by atoms with Gasteiger partial charge in [-0.15, -0.1) is 20.4 Å². The van der Waals surface area contributed by atoms with Crippen molar-refractivity contribution in [2.45, 2.75) is 115 Å². The molecule has 0 radical (unpaired) electrons. The zero-order valence-corrected chi connectivity index (χ0v) is 49.6. The second-order valence-electron chi connectivity index (χ2n) is 21.1. The molecule has 1 N–H and O–H groups in total. The van der Waals surface area contributed by atoms with Gasteiger partial charge in [0.1, 0.15) is 31.4 Å². The minimum Gasteiger partial charge on any atom is -0.382 e. The van der Waals surface area contributed by atoms with E-state index in [2.05, 4.69) is 94.9 Å². The average molecular weight is 1180 g/mol. The van der Waals surface area contributed by atoms with Crippen LogP contribution >= 0.6 is 0 Å². The lowest BCUT2D eigenvalue weighted by Gasteiger charge is -2.34. The zero-order valence-electron chi connectivity index (χ0n) is 49.6. The van der Waals surface area contributed by atoms with Crippen LogP contribution in [-0.2, 0) is 14.2 Å². The van der Waals surface area contributed by atoms with Gasteiger partial charge in [-0.3, -0.25) is 35.3 Å². The number of fused-ring (bicyclic) bond motifs is 2. The summed E-state index contributed by atoms with van der Waals surface area (Å²) in [5, 5.41) is 29.9. The molecular weight excluding hydrogens is 1100 g/mol. The van der Waals surface area contributed by atoms with Crippen molar-refractivity contribution >= 4 is 22.8 Å². The number of aromatic nitrogens is 10. The highest BCUT2D eigenvalue weighted by atomic mass is 18.2. The molecule has 87 heavy (non-hydrogen) atoms. The number of rotatable bonds is 14. The first kappa shape index (κ1) is 64.8. The minimum absolute atomic E-state index is 0.110. The molecular formula is C67H79F3N14O3. The van der Waals surface area contributed by atoms with E-state index in [0.717, 1.165) is 116 Å². The number of hydrogen-bond donors (Lipinski definition) is 1. The molecule has 9 heterocycles. The van der Waals surface area contributed by atoms with Gasteiger partial charge in [0.25, 0.3) is 0 Å². The Morgan fingerprint density at radius 2 is 0.885 bits per heavy atom. The van der Waals surface area contributed by atoms with E-state index in [1.54, 1.807) is 36.9 Å². The van der Waals surface area contributed by atoms with E-state index in [0.29, 0.717) is 35.1 Å². The largest absolute Gasteiger partial charge is 0.382 e. The number of pyridine rings is 6. The molecule has 17 nitrogen and oxygen atoms in total. The van der Waals surface area contributed by atoms with E-state index >= 15 is 0 Å². The van der Waals surface area contributed by atoms with Crippen molar-refractivity contribution in [1.29, 1.82) is 0 Å². The number of alkyl halides is 3. The molecule has 7 aromatic rings. The van der Waals surface area contributed by atoms with E-state index in [4.69, 9.17) is 14.6 Å². The van der Waals surface area contributed by atoms with Gasteiger partial charge in [0.15, 0.2) is 0 Å². The molecule has 20 heteroatoms. The third-order valence-corrected chi connectivity index (χ3v) is 15.2. The molecule has 5 aliphatic rings. The second kappa shape index (κ2) is 37.4. The molecule has 2 saturated carbocycles. The van der Waals surface area contributed by atoms with Crippen LogP contribution in [0.1, 0.15) is 126 Å². The third-order valence-electron chi connectivity index (χ3n) is 15.2. The fraction of sp³-hybridized carbons (Fsp3) is 0.418. The lowest BCUT2D eigenvalue weighted by Crippen LogP contribution is -2.37. The van der Waals surface area contributed by atoms with Crippen LogP contribution in [0.15, 0.2) is 179 Å². The normalized spacial score (nSPS) is 20.3. The highest BCUT2D eigenvalue weighted by Crippen LogP contribution is 2.38. The highest BCUT2D eigenvalue weighted by Gasteiger charge is 2.37. The van der Waals surface area contributed by atoms with Crippen molar-refractivity contribution in [3.8, 4) is 23.0 Å². The summed E-state index contributed by atoms with van der Waals surface area (Å²) in [6, 6.07) is 34.9. The monoisotopic (exact) mass is 1180 g/mol. The van der Waals surface area contributed by atoms with Crippen LogP contribution in [-0.4, -0.2) is 127 Å². The summed E-state index contributed by atoms with van der Waals surface area (Å²) >= 11 is 0. The van der Waals surface area contributed by atoms with Crippen LogP contribution < -0.4 is 5.43 Å². The van der Waals surface area contributed by atoms with Gasteiger partial charge >= 0.3 is 0 Å². The summed E-state index contributed by atoms with van der Waals surface area (Å²) in [5.41, 5.74) is 13.9. The highest BCUT2D eigenvalue weighted by molar-refractivity contribution is 6.10. The van der Waals surface area contributed by atoms with Gasteiger partial charge < -0.3 is 14.2 Å². The Kier molecular flexibility index (Phi) is 27.8. The fourth-order valence-electron chi connectivity index (χ4n) is 11.0. The molecule has 5 atom stereocenters. The smallest absolute Gasteiger partial charge is 0.221 e. The van der Waals surface area contributed by atoms with E-state index < -0.39 is 6.67 Å². The van der Waals surface area contributed by atoms with Gasteiger partial charge in [0.2, 0.25) is 11.6 Å². The van der Waals surface area contributed by atoms with Gasteiger partial charge in [0, 0.05) is 62.0 Å². The Balaban J connectivity index is 0.000000152. The van der Waals surface area contributed by atoms with Crippen LogP contribution in [0.3, 0.4) is 0 Å². The summed E-state index contributed by atoms with van der Waals surface area (Å²) in [4.78, 5) is 26.4. The number of nitrogens with zero attached hydrogens (tertiary/aromatic N) is 13. The quantitative estimate of drug-likeness (QED) is 0.101. The Hall–Kier alpha value is -8.20. The molecule has 0 saturated heterocycles. The van der Waals surface area contributed by atoms with Crippen molar-refractivity contribution in [3.63, 3.8) is 0 Å². The number of allylic oxidation sites excluding steroid dienone is 3. The molecule has 0 amide bonds. The zero-order chi connectivity index (χ0) is 60.4. The molecule has 2 aliphatic heterocycles. The minimum atomic E-state index is -0.431. The Morgan fingerprint density at radius 3 is 1.38 bits per heavy atom. The predicted octanol–water partition coefficient (Wildman–Crippen LogP) is 13.3. The molecule has 0 aromatic carbocycles. The summed E-state index contributed by atoms with van der Waals surface area (Å²) in [6.07, 6.45) is 33.1. The van der Waals surface area contributed by atoms with Gasteiger partial charge in [0.05, 0.1) is 77.6 Å². The van der Waals surface area contributed by atoms with Crippen LogP contribution in [0.5, 0.6) is 0 Å². The average Bonchev–Trinajstić information content (AvgIpc) is 1.66. The molecule has 2 fully saturated rings. The number of halogens is 3. The van der Waals surface area contributed by atoms with Crippen LogP contribution in [0.25, 0.3) is 28.7 Å². The fourth-order valence-corrected chi connectivity index (χ4v) is 11.0. The van der Waals surface area contributed by atoms with Crippen molar-refractivity contribution in [2.24, 2.45) is 33.1 Å². The molecule has 0 bridgehead atoms. The van der Waals surface area contributed by atoms with E-state index in [1.807, 2.05) is 97.3 Å². The third kappa shape index (κ3) is 20.5. The van der Waals surface area contributed by atoms with Gasteiger partial charge in [-0.2, -0.15) is 15.3 Å². The SMILES string of the molecule is COCC[18F].[18F]CCO[C@@H]1CCC[C@@H]2C(c3ccccn3)=NN=C(c3ccccn3)[C@H]2CC1.[18F]CCO[C@H]1CC/C=C/CCC1.c1ccc(-c2nnc(-c3ccccn3)nn2)nc1.c1ccc(C2=NNC(c3ccccn3)=C3CCCCCCC23)nc1. The molecule has 7 aromatic heterocycles. The van der Waals surface area contributed by atoms with Gasteiger partial charge in [-0.05, 0) is 155 Å². The van der Waals surface area contributed by atoms with Crippen LogP contribution in [0, 0.1) is 17.8 Å². The van der Waals surface area contributed by atoms with Gasteiger partial charge in [-0.1, -0.05) is 74.2 Å². The predicted molar refractivity (Wildman–Crippen MR) is 333 cm³/mol. The van der Waals surface area contributed by atoms with Crippen molar-refractivity contribution in [2.75, 3.05) is 47.0 Å². The van der Waals surface area contributed by atoms with E-state index in [9.17, 15) is 13.2 Å². The van der Waals surface area contributed by atoms with Gasteiger partial charge in [-0.25, -0.2) is 13.2 Å². The summed E-state index contributed by atoms with van der Waals surface area (Å²) in [6.45, 7) is -0.489. The standard InChI is InChI=1S/C22H25FN4O.C20H22N4.C12H8N6.C10H17FO.C3H7FO/c23-12-15-28-16-6-5-7-17-18(11-10-16)22(20-9-2-4-14-25-20)27-26-21(17)19-8-1-3-13-24-19;1-2-4-10-16-15(9-3-1)19(17-11-5-7-13-21-17)23-24-20(16)18-12-6-8-14-22-18;1-3-7-13-9(5-1)11-15-17-12(18-16-11)10-6-2-4-8-14-10;11-8-9-12-10-6-4-2-1-3-5-7-10;1-5-3-2-4/h1-4,8-9,13-14,16-18H,5-7,10-12,15H2;5-8,11-15,24H,1-4,9-10H2;1-8H;1-2,10H,3-9H2;2-3H2,1H3/b;;;2-1+;/t16-,17+,18+;;;10-;/m1..0./s1/i23-1;;;11-1;4-1. The molecule has 1 unspecified atom stereocenters. The first-order chi connectivity index (χ1) is 43.1. The first-order valence-corrected chi connectivity index (χ1v) is 30.4. The summed E-state index contributed by atoms with van der Waals surface area (Å²) in [7, 11) is 1.47. The Bertz CT molecular complexity index is 3130. The number of nitrogens with one attached hydrogen (secondary N) is 1. The number of hydrogen-bond acceptors (Lipinski definition) is 17. The number of hydrazone groups is 1. The van der Waals surface area contributed by atoms with Crippen LogP contribution in [0.4, 0.5) is 13.2 Å². The molecule has 3 aliphatic carbocycles. The number of ether oxygens (including phenoxy) is 3. The summed E-state index contributed by atoms with van der Waals surface area (Å²) in [5.74, 6) is 1.61. The molecule has 456 valence electrons.